The number of benzene rings is 2. The maximum Gasteiger partial charge on any atom is 0.163 e. The highest BCUT2D eigenvalue weighted by atomic mass is 19.1. The molecule has 164 valence electrons. The first-order chi connectivity index (χ1) is 16.0. The molecule has 6 nitrogen and oxygen atoms in total. The van der Waals surface area contributed by atoms with Gasteiger partial charge < -0.3 is 0 Å². The van der Waals surface area contributed by atoms with E-state index in [9.17, 15) is 4.39 Å². The molecule has 0 unspecified atom stereocenters. The Hall–Kier alpha value is -4.13. The lowest BCUT2D eigenvalue weighted by Crippen LogP contribution is -2.04. The minimum Gasteiger partial charge on any atom is -0.264 e. The maximum absolute atomic E-state index is 14.1. The van der Waals surface area contributed by atoms with E-state index in [-0.39, 0.29) is 5.82 Å². The molecule has 0 bridgehead atoms. The van der Waals surface area contributed by atoms with Gasteiger partial charge in [0, 0.05) is 30.1 Å². The number of hydrogen-bond donors (Lipinski definition) is 0. The fourth-order valence-corrected chi connectivity index (χ4v) is 3.92. The highest BCUT2D eigenvalue weighted by molar-refractivity contribution is 5.61. The predicted octanol–water partition coefficient (Wildman–Crippen LogP) is 5.17. The van der Waals surface area contributed by atoms with Crippen LogP contribution in [-0.4, -0.2) is 29.5 Å². The Morgan fingerprint density at radius 1 is 0.879 bits per heavy atom. The van der Waals surface area contributed by atoms with Crippen LogP contribution in [0.3, 0.4) is 0 Å². The van der Waals surface area contributed by atoms with Crippen LogP contribution < -0.4 is 0 Å². The molecule has 3 aromatic heterocycles. The van der Waals surface area contributed by atoms with Crippen LogP contribution in [0.15, 0.2) is 73.1 Å². The van der Waals surface area contributed by atoms with Gasteiger partial charge in [-0.15, -0.1) is 0 Å². The van der Waals surface area contributed by atoms with Gasteiger partial charge in [0.1, 0.15) is 5.82 Å². The van der Waals surface area contributed by atoms with Gasteiger partial charge in [0.2, 0.25) is 0 Å². The fourth-order valence-electron chi connectivity index (χ4n) is 3.92. The van der Waals surface area contributed by atoms with Crippen LogP contribution in [0.5, 0.6) is 0 Å². The summed E-state index contributed by atoms with van der Waals surface area (Å²) < 4.78 is 17.8. The molecule has 5 aromatic rings. The molecule has 33 heavy (non-hydrogen) atoms. The largest absolute Gasteiger partial charge is 0.264 e. The summed E-state index contributed by atoms with van der Waals surface area (Å²) in [5.41, 5.74) is 6.47. The van der Waals surface area contributed by atoms with Crippen LogP contribution in [0.1, 0.15) is 28.3 Å². The van der Waals surface area contributed by atoms with Gasteiger partial charge in [0.25, 0.3) is 0 Å². The highest BCUT2D eigenvalue weighted by Crippen LogP contribution is 2.26. The van der Waals surface area contributed by atoms with Gasteiger partial charge in [-0.05, 0) is 80.4 Å². The second kappa shape index (κ2) is 8.43. The first kappa shape index (κ1) is 20.8. The molecule has 2 aromatic carbocycles. The topological polar surface area (TPSA) is 61.4 Å². The number of hydrogen-bond acceptors (Lipinski definition) is 4. The van der Waals surface area contributed by atoms with Crippen molar-refractivity contribution in [1.82, 2.24) is 29.5 Å². The average molecular weight is 439 g/mol. The molecular weight excluding hydrogens is 415 g/mol. The van der Waals surface area contributed by atoms with E-state index >= 15 is 0 Å². The summed E-state index contributed by atoms with van der Waals surface area (Å²) in [7, 11) is 0. The lowest BCUT2D eigenvalue weighted by molar-refractivity contribution is 0.624. The third kappa shape index (κ3) is 4.17. The van der Waals surface area contributed by atoms with Crippen LogP contribution in [-0.2, 0) is 6.42 Å². The lowest BCUT2D eigenvalue weighted by Gasteiger charge is -2.10. The molecule has 0 saturated heterocycles. The number of halogens is 1. The molecule has 5 rings (SSSR count). The Bertz CT molecular complexity index is 1420. The minimum atomic E-state index is -0.314. The first-order valence-corrected chi connectivity index (χ1v) is 10.7. The van der Waals surface area contributed by atoms with Crippen molar-refractivity contribution in [3.05, 3.63) is 107 Å². The maximum atomic E-state index is 14.1. The van der Waals surface area contributed by atoms with Gasteiger partial charge in [0.05, 0.1) is 17.1 Å². The second-order valence-electron chi connectivity index (χ2n) is 8.12. The van der Waals surface area contributed by atoms with Crippen LogP contribution in [0.2, 0.25) is 0 Å². The zero-order chi connectivity index (χ0) is 22.9. The lowest BCUT2D eigenvalue weighted by atomic mass is 10.1. The molecule has 0 saturated carbocycles. The molecule has 0 aliphatic rings. The van der Waals surface area contributed by atoms with Crippen molar-refractivity contribution in [2.45, 2.75) is 27.2 Å². The van der Waals surface area contributed by atoms with Gasteiger partial charge in [-0.3, -0.25) is 4.98 Å². The SMILES string of the molecule is Cc1cc(C)n(-c2ccc(-c3nc(Cc4cccnc4)nn3-c3cc(F)ccc3C)cc2)n1. The molecule has 7 heteroatoms. The van der Waals surface area contributed by atoms with Crippen molar-refractivity contribution < 1.29 is 4.39 Å². The van der Waals surface area contributed by atoms with E-state index in [0.29, 0.717) is 23.8 Å². The summed E-state index contributed by atoms with van der Waals surface area (Å²) in [6.45, 7) is 5.94. The highest BCUT2D eigenvalue weighted by Gasteiger charge is 2.17. The van der Waals surface area contributed by atoms with E-state index in [1.54, 1.807) is 23.1 Å². The Morgan fingerprint density at radius 2 is 1.70 bits per heavy atom. The molecule has 0 radical (unpaired) electrons. The molecule has 0 atom stereocenters. The van der Waals surface area contributed by atoms with Crippen LogP contribution >= 0.6 is 0 Å². The normalized spacial score (nSPS) is 11.2. The smallest absolute Gasteiger partial charge is 0.163 e. The molecular formula is C26H23FN6. The summed E-state index contributed by atoms with van der Waals surface area (Å²) in [6.07, 6.45) is 4.07. The van der Waals surface area contributed by atoms with E-state index < -0.39 is 0 Å². The molecule has 0 amide bonds. The Kier molecular flexibility index (Phi) is 5.30. The monoisotopic (exact) mass is 438 g/mol. The second-order valence-corrected chi connectivity index (χ2v) is 8.12. The molecule has 0 aliphatic heterocycles. The predicted molar refractivity (Wildman–Crippen MR) is 125 cm³/mol. The van der Waals surface area contributed by atoms with Crippen LogP contribution in [0.25, 0.3) is 22.8 Å². The van der Waals surface area contributed by atoms with E-state index in [2.05, 4.69) is 10.1 Å². The van der Waals surface area contributed by atoms with E-state index in [1.807, 2.05) is 67.9 Å². The van der Waals surface area contributed by atoms with E-state index in [1.165, 1.54) is 12.1 Å². The van der Waals surface area contributed by atoms with Crippen LogP contribution in [0.4, 0.5) is 4.39 Å². The minimum absolute atomic E-state index is 0.314. The van der Waals surface area contributed by atoms with Crippen molar-refractivity contribution in [2.24, 2.45) is 0 Å². The Balaban J connectivity index is 1.59. The third-order valence-corrected chi connectivity index (χ3v) is 5.52. The number of aromatic nitrogens is 6. The summed E-state index contributed by atoms with van der Waals surface area (Å²) in [5, 5.41) is 9.30. The Morgan fingerprint density at radius 3 is 2.39 bits per heavy atom. The Labute approximate surface area is 191 Å². The van der Waals surface area contributed by atoms with Gasteiger partial charge in [0.15, 0.2) is 11.6 Å². The molecule has 0 aliphatic carbocycles. The number of aryl methyl sites for hydroxylation is 3. The van der Waals surface area contributed by atoms with E-state index in [0.717, 1.165) is 33.8 Å². The fraction of sp³-hybridized carbons (Fsp3) is 0.154. The molecule has 0 spiro atoms. The van der Waals surface area contributed by atoms with Gasteiger partial charge in [-0.2, -0.15) is 10.2 Å². The zero-order valence-corrected chi connectivity index (χ0v) is 18.7. The van der Waals surface area contributed by atoms with Crippen molar-refractivity contribution in [1.29, 1.82) is 0 Å². The van der Waals surface area contributed by atoms with Gasteiger partial charge in [-0.1, -0.05) is 12.1 Å². The molecule has 3 heterocycles. The number of rotatable bonds is 5. The summed E-state index contributed by atoms with van der Waals surface area (Å²) in [6, 6.07) is 18.6. The number of nitrogens with zero attached hydrogens (tertiary/aromatic N) is 6. The zero-order valence-electron chi connectivity index (χ0n) is 18.7. The first-order valence-electron chi connectivity index (χ1n) is 10.7. The van der Waals surface area contributed by atoms with Crippen molar-refractivity contribution in [2.75, 3.05) is 0 Å². The van der Waals surface area contributed by atoms with Gasteiger partial charge >= 0.3 is 0 Å². The standard InChI is InChI=1S/C26H23FN6/c1-17-6-9-22(27)15-24(17)33-26(29-25(31-33)14-20-5-4-12-28-16-20)21-7-10-23(11-8-21)32-19(3)13-18(2)30-32/h4-13,15-16H,14H2,1-3H3. The van der Waals surface area contributed by atoms with Gasteiger partial charge in [-0.25, -0.2) is 18.7 Å². The average Bonchev–Trinajstić information content (AvgIpc) is 3.38. The van der Waals surface area contributed by atoms with E-state index in [4.69, 9.17) is 10.1 Å². The number of pyridine rings is 1. The summed E-state index contributed by atoms with van der Waals surface area (Å²) in [5.74, 6) is 0.984. The summed E-state index contributed by atoms with van der Waals surface area (Å²) in [4.78, 5) is 9.01. The summed E-state index contributed by atoms with van der Waals surface area (Å²) >= 11 is 0. The van der Waals surface area contributed by atoms with Crippen molar-refractivity contribution in [3.63, 3.8) is 0 Å². The van der Waals surface area contributed by atoms with Crippen molar-refractivity contribution >= 4 is 0 Å². The molecule has 0 fully saturated rings. The quantitative estimate of drug-likeness (QED) is 0.380. The van der Waals surface area contributed by atoms with Crippen molar-refractivity contribution in [3.8, 4) is 22.8 Å². The molecule has 0 N–H and O–H groups in total. The third-order valence-electron chi connectivity index (χ3n) is 5.52. The van der Waals surface area contributed by atoms with Crippen LogP contribution in [0, 0.1) is 26.6 Å².